The lowest BCUT2D eigenvalue weighted by Gasteiger charge is -2.25. The van der Waals surface area contributed by atoms with E-state index in [1.807, 2.05) is 23.1 Å². The maximum absolute atomic E-state index is 12.3. The van der Waals surface area contributed by atoms with Crippen LogP contribution in [-0.4, -0.2) is 48.2 Å². The van der Waals surface area contributed by atoms with Crippen LogP contribution >= 0.6 is 0 Å². The number of hydrogen-bond donors (Lipinski definition) is 2. The minimum absolute atomic E-state index is 0.0388. The molecule has 1 unspecified atom stereocenters. The molecule has 0 aliphatic carbocycles. The zero-order chi connectivity index (χ0) is 14.9. The molecule has 4 nitrogen and oxygen atoms in total. The monoisotopic (exact) mass is 290 g/mol. The van der Waals surface area contributed by atoms with E-state index in [2.05, 4.69) is 17.4 Å². The second kappa shape index (κ2) is 8.80. The second-order valence-electron chi connectivity index (χ2n) is 5.70. The van der Waals surface area contributed by atoms with Crippen LogP contribution in [0.2, 0.25) is 0 Å². The number of benzene rings is 1. The summed E-state index contributed by atoms with van der Waals surface area (Å²) in [6.45, 7) is 2.25. The van der Waals surface area contributed by atoms with Gasteiger partial charge in [-0.1, -0.05) is 30.3 Å². The smallest absolute Gasteiger partial charge is 0.222 e. The maximum Gasteiger partial charge on any atom is 0.222 e. The summed E-state index contributed by atoms with van der Waals surface area (Å²) >= 11 is 0. The first-order chi connectivity index (χ1) is 10.3. The van der Waals surface area contributed by atoms with Crippen molar-refractivity contribution in [2.45, 2.75) is 38.1 Å². The van der Waals surface area contributed by atoms with Crippen LogP contribution in [0.25, 0.3) is 0 Å². The van der Waals surface area contributed by atoms with Gasteiger partial charge in [0.05, 0.1) is 6.61 Å². The van der Waals surface area contributed by atoms with Gasteiger partial charge < -0.3 is 15.3 Å². The quantitative estimate of drug-likeness (QED) is 0.764. The molecule has 1 atom stereocenters. The summed E-state index contributed by atoms with van der Waals surface area (Å²) in [6, 6.07) is 10.7. The lowest BCUT2D eigenvalue weighted by molar-refractivity contribution is -0.132. The standard InChI is InChI=1S/C17H26N2O2/c20-13-12-19(14-16-9-5-11-18-16)17(21)10-4-8-15-6-2-1-3-7-15/h1-3,6-7,16,18,20H,4-5,8-14H2. The van der Waals surface area contributed by atoms with Crippen molar-refractivity contribution in [1.29, 1.82) is 0 Å². The molecular formula is C17H26N2O2. The van der Waals surface area contributed by atoms with E-state index in [9.17, 15) is 4.79 Å². The number of amides is 1. The Morgan fingerprint density at radius 3 is 2.81 bits per heavy atom. The highest BCUT2D eigenvalue weighted by Crippen LogP contribution is 2.10. The Morgan fingerprint density at radius 2 is 2.14 bits per heavy atom. The average molecular weight is 290 g/mol. The van der Waals surface area contributed by atoms with E-state index in [1.165, 1.54) is 12.0 Å². The summed E-state index contributed by atoms with van der Waals surface area (Å²) in [7, 11) is 0. The molecule has 1 fully saturated rings. The Morgan fingerprint density at radius 1 is 1.33 bits per heavy atom. The van der Waals surface area contributed by atoms with Crippen molar-refractivity contribution in [3.63, 3.8) is 0 Å². The number of hydrogen-bond acceptors (Lipinski definition) is 3. The normalized spacial score (nSPS) is 17.9. The number of carbonyl (C=O) groups is 1. The van der Waals surface area contributed by atoms with Gasteiger partial charge in [0, 0.05) is 25.6 Å². The van der Waals surface area contributed by atoms with Gasteiger partial charge >= 0.3 is 0 Å². The zero-order valence-electron chi connectivity index (χ0n) is 12.6. The molecule has 2 N–H and O–H groups in total. The summed E-state index contributed by atoms with van der Waals surface area (Å²) in [5.74, 6) is 0.161. The van der Waals surface area contributed by atoms with Crippen molar-refractivity contribution >= 4 is 5.91 Å². The van der Waals surface area contributed by atoms with E-state index in [1.54, 1.807) is 0 Å². The first-order valence-corrected chi connectivity index (χ1v) is 7.95. The molecule has 0 spiro atoms. The van der Waals surface area contributed by atoms with E-state index in [0.29, 0.717) is 19.0 Å². The number of nitrogens with zero attached hydrogens (tertiary/aromatic N) is 1. The minimum Gasteiger partial charge on any atom is -0.395 e. The highest BCUT2D eigenvalue weighted by atomic mass is 16.3. The predicted octanol–water partition coefficient (Wildman–Crippen LogP) is 1.58. The summed E-state index contributed by atoms with van der Waals surface area (Å²) in [5.41, 5.74) is 1.27. The highest BCUT2D eigenvalue weighted by molar-refractivity contribution is 5.76. The Hall–Kier alpha value is -1.39. The highest BCUT2D eigenvalue weighted by Gasteiger charge is 2.20. The van der Waals surface area contributed by atoms with E-state index in [0.717, 1.165) is 32.4 Å². The van der Waals surface area contributed by atoms with Gasteiger partial charge in [0.15, 0.2) is 0 Å². The fraction of sp³-hybridized carbons (Fsp3) is 0.588. The van der Waals surface area contributed by atoms with Crippen LogP contribution in [0.1, 0.15) is 31.2 Å². The van der Waals surface area contributed by atoms with E-state index in [4.69, 9.17) is 5.11 Å². The fourth-order valence-electron chi connectivity index (χ4n) is 2.86. The Balaban J connectivity index is 1.75. The van der Waals surface area contributed by atoms with Gasteiger partial charge in [0.25, 0.3) is 0 Å². The number of nitrogens with one attached hydrogen (secondary N) is 1. The fourth-order valence-corrected chi connectivity index (χ4v) is 2.86. The first kappa shape index (κ1) is 16.0. The molecule has 1 aromatic rings. The largest absolute Gasteiger partial charge is 0.395 e. The molecular weight excluding hydrogens is 264 g/mol. The summed E-state index contributed by atoms with van der Waals surface area (Å²) in [5, 5.41) is 12.6. The predicted molar refractivity (Wildman–Crippen MR) is 84.1 cm³/mol. The average Bonchev–Trinajstić information content (AvgIpc) is 3.01. The Bertz CT molecular complexity index is 416. The van der Waals surface area contributed by atoms with Gasteiger partial charge in [-0.2, -0.15) is 0 Å². The van der Waals surface area contributed by atoms with Crippen molar-refractivity contribution in [1.82, 2.24) is 10.2 Å². The van der Waals surface area contributed by atoms with Crippen LogP contribution in [0.3, 0.4) is 0 Å². The number of rotatable bonds is 8. The summed E-state index contributed by atoms with van der Waals surface area (Å²) in [6.07, 6.45) is 4.66. The lowest BCUT2D eigenvalue weighted by atomic mass is 10.1. The lowest BCUT2D eigenvalue weighted by Crippen LogP contribution is -2.42. The van der Waals surface area contributed by atoms with Crippen molar-refractivity contribution in [2.75, 3.05) is 26.2 Å². The van der Waals surface area contributed by atoms with E-state index < -0.39 is 0 Å². The van der Waals surface area contributed by atoms with Crippen molar-refractivity contribution < 1.29 is 9.90 Å². The molecule has 116 valence electrons. The van der Waals surface area contributed by atoms with Crippen molar-refractivity contribution in [2.24, 2.45) is 0 Å². The molecule has 2 rings (SSSR count). The van der Waals surface area contributed by atoms with Crippen LogP contribution in [0.4, 0.5) is 0 Å². The Kier molecular flexibility index (Phi) is 6.70. The molecule has 0 bridgehead atoms. The Labute approximate surface area is 127 Å². The molecule has 1 aromatic carbocycles. The van der Waals surface area contributed by atoms with E-state index >= 15 is 0 Å². The molecule has 1 aliphatic heterocycles. The summed E-state index contributed by atoms with van der Waals surface area (Å²) in [4.78, 5) is 14.1. The maximum atomic E-state index is 12.3. The third-order valence-corrected chi connectivity index (χ3v) is 4.02. The van der Waals surface area contributed by atoms with Crippen molar-refractivity contribution in [3.05, 3.63) is 35.9 Å². The van der Waals surface area contributed by atoms with Crippen LogP contribution in [0.15, 0.2) is 30.3 Å². The van der Waals surface area contributed by atoms with E-state index in [-0.39, 0.29) is 12.5 Å². The minimum atomic E-state index is 0.0388. The molecule has 21 heavy (non-hydrogen) atoms. The van der Waals surface area contributed by atoms with Crippen LogP contribution in [0, 0.1) is 0 Å². The van der Waals surface area contributed by atoms with Gasteiger partial charge in [-0.15, -0.1) is 0 Å². The van der Waals surface area contributed by atoms with Gasteiger partial charge in [0.2, 0.25) is 5.91 Å². The molecule has 1 amide bonds. The second-order valence-corrected chi connectivity index (χ2v) is 5.70. The third kappa shape index (κ3) is 5.48. The molecule has 1 saturated heterocycles. The zero-order valence-corrected chi connectivity index (χ0v) is 12.6. The van der Waals surface area contributed by atoms with Crippen LogP contribution in [0.5, 0.6) is 0 Å². The van der Waals surface area contributed by atoms with Gasteiger partial charge in [-0.25, -0.2) is 0 Å². The van der Waals surface area contributed by atoms with Gasteiger partial charge in [-0.3, -0.25) is 4.79 Å². The number of carbonyl (C=O) groups excluding carboxylic acids is 1. The molecule has 1 aliphatic rings. The van der Waals surface area contributed by atoms with Gasteiger partial charge in [0.1, 0.15) is 0 Å². The van der Waals surface area contributed by atoms with Crippen LogP contribution < -0.4 is 5.32 Å². The number of aliphatic hydroxyl groups excluding tert-OH is 1. The molecule has 0 saturated carbocycles. The summed E-state index contributed by atoms with van der Waals surface area (Å²) < 4.78 is 0. The van der Waals surface area contributed by atoms with Crippen molar-refractivity contribution in [3.8, 4) is 0 Å². The van der Waals surface area contributed by atoms with Gasteiger partial charge in [-0.05, 0) is 37.8 Å². The molecule has 0 aromatic heterocycles. The molecule has 4 heteroatoms. The SMILES string of the molecule is O=C(CCCc1ccccc1)N(CCO)CC1CCCN1. The first-order valence-electron chi connectivity index (χ1n) is 7.95. The van der Waals surface area contributed by atoms with Crippen LogP contribution in [-0.2, 0) is 11.2 Å². The number of aryl methyl sites for hydroxylation is 1. The third-order valence-electron chi connectivity index (χ3n) is 4.02. The molecule has 1 heterocycles. The topological polar surface area (TPSA) is 52.6 Å². The molecule has 0 radical (unpaired) electrons. The number of aliphatic hydroxyl groups is 1.